The van der Waals surface area contributed by atoms with E-state index in [4.69, 9.17) is 4.74 Å². The molecule has 1 heterocycles. The van der Waals surface area contributed by atoms with Gasteiger partial charge in [-0.25, -0.2) is 4.79 Å². The molecule has 1 aromatic rings. The summed E-state index contributed by atoms with van der Waals surface area (Å²) in [6.07, 6.45) is 3.68. The molecule has 0 aliphatic rings. The Morgan fingerprint density at radius 1 is 1.36 bits per heavy atom. The van der Waals surface area contributed by atoms with Gasteiger partial charge < -0.3 is 10.1 Å². The molecule has 1 atom stereocenters. The zero-order valence-corrected chi connectivity index (χ0v) is 14.1. The standard InChI is InChI=1S/C16H25N3O3/c1-10(2)9-14(16(21)22-6)17-15(20)8-7-13-11(3)18-19(5)12(13)4/h7-8,10,14H,9H2,1-6H3,(H,17,20)/b8-7-/t14-/m1/s1. The SMILES string of the molecule is COC(=O)[C@@H](CC(C)C)NC(=O)/C=C\c1c(C)nn(C)c1C. The van der Waals surface area contributed by atoms with E-state index in [1.165, 1.54) is 13.2 Å². The first-order valence-corrected chi connectivity index (χ1v) is 7.32. The Bertz CT molecular complexity index is 573. The van der Waals surface area contributed by atoms with Gasteiger partial charge >= 0.3 is 5.97 Å². The van der Waals surface area contributed by atoms with Gasteiger partial charge in [-0.3, -0.25) is 9.48 Å². The van der Waals surface area contributed by atoms with Gasteiger partial charge in [0.1, 0.15) is 6.04 Å². The molecule has 6 nitrogen and oxygen atoms in total. The van der Waals surface area contributed by atoms with Crippen molar-refractivity contribution in [2.45, 2.75) is 40.2 Å². The van der Waals surface area contributed by atoms with Gasteiger partial charge in [0, 0.05) is 24.4 Å². The average Bonchev–Trinajstić information content (AvgIpc) is 2.68. The second-order valence-corrected chi connectivity index (χ2v) is 5.76. The summed E-state index contributed by atoms with van der Waals surface area (Å²) in [7, 11) is 3.18. The van der Waals surface area contributed by atoms with E-state index in [0.717, 1.165) is 17.0 Å². The van der Waals surface area contributed by atoms with E-state index in [1.54, 1.807) is 10.8 Å². The number of hydrogen-bond acceptors (Lipinski definition) is 4. The number of esters is 1. The van der Waals surface area contributed by atoms with Crippen molar-refractivity contribution in [2.24, 2.45) is 13.0 Å². The fourth-order valence-electron chi connectivity index (χ4n) is 2.24. The summed E-state index contributed by atoms with van der Waals surface area (Å²) in [5.74, 6) is -0.473. The van der Waals surface area contributed by atoms with Crippen LogP contribution in [0.3, 0.4) is 0 Å². The van der Waals surface area contributed by atoms with Crippen molar-refractivity contribution in [2.75, 3.05) is 7.11 Å². The number of nitrogens with one attached hydrogen (secondary N) is 1. The molecule has 6 heteroatoms. The number of carbonyl (C=O) groups is 2. The topological polar surface area (TPSA) is 73.2 Å². The monoisotopic (exact) mass is 307 g/mol. The Morgan fingerprint density at radius 2 is 2.00 bits per heavy atom. The molecule has 0 unspecified atom stereocenters. The van der Waals surface area contributed by atoms with Gasteiger partial charge in [-0.15, -0.1) is 0 Å². The molecule has 1 rings (SSSR count). The molecule has 0 radical (unpaired) electrons. The second-order valence-electron chi connectivity index (χ2n) is 5.76. The van der Waals surface area contributed by atoms with Crippen molar-refractivity contribution in [1.82, 2.24) is 15.1 Å². The van der Waals surface area contributed by atoms with Crippen molar-refractivity contribution >= 4 is 18.0 Å². The molecule has 0 aliphatic heterocycles. The van der Waals surface area contributed by atoms with Crippen LogP contribution in [0.25, 0.3) is 6.08 Å². The number of nitrogens with zero attached hydrogens (tertiary/aromatic N) is 2. The van der Waals surface area contributed by atoms with Crippen LogP contribution in [-0.2, 0) is 21.4 Å². The van der Waals surface area contributed by atoms with E-state index < -0.39 is 12.0 Å². The molecule has 1 N–H and O–H groups in total. The van der Waals surface area contributed by atoms with Gasteiger partial charge in [0.05, 0.1) is 12.8 Å². The van der Waals surface area contributed by atoms with Crippen molar-refractivity contribution in [1.29, 1.82) is 0 Å². The highest BCUT2D eigenvalue weighted by Crippen LogP contribution is 2.13. The minimum Gasteiger partial charge on any atom is -0.467 e. The third-order valence-corrected chi connectivity index (χ3v) is 3.48. The lowest BCUT2D eigenvalue weighted by atomic mass is 10.0. The minimum atomic E-state index is -0.627. The quantitative estimate of drug-likeness (QED) is 0.642. The molecule has 0 saturated carbocycles. The predicted octanol–water partition coefficient (Wildman–Crippen LogP) is 1.75. The molecular weight excluding hydrogens is 282 g/mol. The van der Waals surface area contributed by atoms with Crippen molar-refractivity contribution < 1.29 is 14.3 Å². The minimum absolute atomic E-state index is 0.274. The van der Waals surface area contributed by atoms with Crippen LogP contribution in [0.2, 0.25) is 0 Å². The van der Waals surface area contributed by atoms with Gasteiger partial charge in [-0.2, -0.15) is 5.10 Å². The Kier molecular flexibility index (Phi) is 6.34. The Morgan fingerprint density at radius 3 is 2.45 bits per heavy atom. The molecule has 122 valence electrons. The molecule has 1 amide bonds. The van der Waals surface area contributed by atoms with Crippen LogP contribution in [0.15, 0.2) is 6.08 Å². The molecule has 0 spiro atoms. The van der Waals surface area contributed by atoms with Crippen molar-refractivity contribution in [3.8, 4) is 0 Å². The van der Waals surface area contributed by atoms with E-state index >= 15 is 0 Å². The molecule has 0 saturated heterocycles. The molecule has 0 aromatic carbocycles. The highest BCUT2D eigenvalue weighted by molar-refractivity contribution is 5.94. The summed E-state index contributed by atoms with van der Waals surface area (Å²) in [5, 5.41) is 6.98. The van der Waals surface area contributed by atoms with E-state index in [-0.39, 0.29) is 11.8 Å². The lowest BCUT2D eigenvalue weighted by Gasteiger charge is -2.17. The highest BCUT2D eigenvalue weighted by atomic mass is 16.5. The summed E-state index contributed by atoms with van der Waals surface area (Å²) in [4.78, 5) is 23.7. The van der Waals surface area contributed by atoms with Crippen LogP contribution in [0.4, 0.5) is 0 Å². The van der Waals surface area contributed by atoms with Crippen LogP contribution in [-0.4, -0.2) is 34.8 Å². The van der Waals surface area contributed by atoms with Crippen molar-refractivity contribution in [3.63, 3.8) is 0 Å². The molecule has 1 aromatic heterocycles. The summed E-state index contributed by atoms with van der Waals surface area (Å²) >= 11 is 0. The highest BCUT2D eigenvalue weighted by Gasteiger charge is 2.21. The number of ether oxygens (including phenoxy) is 1. The van der Waals surface area contributed by atoms with Gasteiger partial charge in [-0.05, 0) is 32.3 Å². The number of amides is 1. The normalized spacial score (nSPS) is 12.7. The van der Waals surface area contributed by atoms with E-state index in [0.29, 0.717) is 6.42 Å². The smallest absolute Gasteiger partial charge is 0.328 e. The van der Waals surface area contributed by atoms with E-state index in [1.807, 2.05) is 34.7 Å². The number of carbonyl (C=O) groups excluding carboxylic acids is 2. The van der Waals surface area contributed by atoms with Gasteiger partial charge in [-0.1, -0.05) is 13.8 Å². The number of rotatable bonds is 6. The maximum Gasteiger partial charge on any atom is 0.328 e. The van der Waals surface area contributed by atoms with Gasteiger partial charge in [0.2, 0.25) is 5.91 Å². The summed E-state index contributed by atoms with van der Waals surface area (Å²) in [5.41, 5.74) is 2.75. The first-order chi connectivity index (χ1) is 10.3. The first-order valence-electron chi connectivity index (χ1n) is 7.32. The number of aryl methyl sites for hydroxylation is 2. The summed E-state index contributed by atoms with van der Waals surface area (Å²) < 4.78 is 6.49. The molecule has 22 heavy (non-hydrogen) atoms. The second kappa shape index (κ2) is 7.77. The van der Waals surface area contributed by atoms with Crippen LogP contribution in [0.1, 0.15) is 37.2 Å². The third kappa shape index (κ3) is 4.72. The van der Waals surface area contributed by atoms with Gasteiger partial charge in [0.25, 0.3) is 0 Å². The van der Waals surface area contributed by atoms with Crippen molar-refractivity contribution in [3.05, 3.63) is 23.0 Å². The number of hydrogen-bond donors (Lipinski definition) is 1. The zero-order chi connectivity index (χ0) is 16.9. The lowest BCUT2D eigenvalue weighted by molar-refractivity contribution is -0.145. The van der Waals surface area contributed by atoms with Crippen LogP contribution in [0.5, 0.6) is 0 Å². The summed E-state index contributed by atoms with van der Waals surface area (Å²) in [6.45, 7) is 7.80. The summed E-state index contributed by atoms with van der Waals surface area (Å²) in [6, 6.07) is -0.627. The van der Waals surface area contributed by atoms with E-state index in [9.17, 15) is 9.59 Å². The third-order valence-electron chi connectivity index (χ3n) is 3.48. The molecule has 0 aliphatic carbocycles. The molecule has 0 fully saturated rings. The first kappa shape index (κ1) is 17.9. The Labute approximate surface area is 131 Å². The largest absolute Gasteiger partial charge is 0.467 e. The maximum absolute atomic E-state index is 12.0. The average molecular weight is 307 g/mol. The predicted molar refractivity (Wildman–Crippen MR) is 85.1 cm³/mol. The van der Waals surface area contributed by atoms with Gasteiger partial charge in [0.15, 0.2) is 0 Å². The van der Waals surface area contributed by atoms with E-state index in [2.05, 4.69) is 10.4 Å². The Hall–Kier alpha value is -2.11. The van der Waals surface area contributed by atoms with Crippen LogP contribution < -0.4 is 5.32 Å². The zero-order valence-electron chi connectivity index (χ0n) is 14.1. The number of aromatic nitrogens is 2. The lowest BCUT2D eigenvalue weighted by Crippen LogP contribution is -2.41. The molecule has 0 bridgehead atoms. The van der Waals surface area contributed by atoms with Crippen LogP contribution in [0, 0.1) is 19.8 Å². The fraction of sp³-hybridized carbons (Fsp3) is 0.562. The molecular formula is C16H25N3O3. The van der Waals surface area contributed by atoms with Crippen LogP contribution >= 0.6 is 0 Å². The fourth-order valence-corrected chi connectivity index (χ4v) is 2.24. The Balaban J connectivity index is 2.78. The maximum atomic E-state index is 12.0. The number of methoxy groups -OCH3 is 1.